The summed E-state index contributed by atoms with van der Waals surface area (Å²) in [4.78, 5) is 9.70. The molecular formula is C16H22N4O. The molecule has 0 radical (unpaired) electrons. The van der Waals surface area contributed by atoms with Gasteiger partial charge in [0.15, 0.2) is 0 Å². The Morgan fingerprint density at radius 2 is 2.14 bits per heavy atom. The Balaban J connectivity index is 1.71. The number of aliphatic hydroxyl groups excluding tert-OH is 1. The smallest absolute Gasteiger partial charge is 0.206 e. The Morgan fingerprint density at radius 1 is 1.29 bits per heavy atom. The predicted octanol–water partition coefficient (Wildman–Crippen LogP) is 1.17. The van der Waals surface area contributed by atoms with Gasteiger partial charge < -0.3 is 19.5 Å². The predicted molar refractivity (Wildman–Crippen MR) is 83.6 cm³/mol. The molecule has 0 saturated carbocycles. The molecule has 3 heterocycles. The number of hydrogen-bond acceptors (Lipinski definition) is 4. The van der Waals surface area contributed by atoms with Gasteiger partial charge in [-0.15, -0.1) is 0 Å². The molecule has 112 valence electrons. The third kappa shape index (κ3) is 2.03. The van der Waals surface area contributed by atoms with Crippen LogP contribution >= 0.6 is 0 Å². The van der Waals surface area contributed by atoms with Crippen LogP contribution in [0.1, 0.15) is 6.42 Å². The second-order valence-electron chi connectivity index (χ2n) is 6.28. The first-order chi connectivity index (χ1) is 10.3. The molecule has 0 aliphatic carbocycles. The molecule has 5 heteroatoms. The van der Waals surface area contributed by atoms with Crippen LogP contribution in [-0.2, 0) is 6.54 Å². The van der Waals surface area contributed by atoms with Crippen molar-refractivity contribution in [3.8, 4) is 0 Å². The summed E-state index contributed by atoms with van der Waals surface area (Å²) >= 11 is 0. The van der Waals surface area contributed by atoms with E-state index in [1.54, 1.807) is 0 Å². The van der Waals surface area contributed by atoms with Gasteiger partial charge in [0, 0.05) is 25.7 Å². The van der Waals surface area contributed by atoms with Gasteiger partial charge >= 0.3 is 0 Å². The lowest BCUT2D eigenvalue weighted by molar-refractivity contribution is 0.278. The number of fused-ring (bicyclic) bond motifs is 2. The van der Waals surface area contributed by atoms with E-state index in [2.05, 4.69) is 33.5 Å². The fourth-order valence-corrected chi connectivity index (χ4v) is 3.96. The van der Waals surface area contributed by atoms with Gasteiger partial charge in [-0.05, 0) is 38.1 Å². The van der Waals surface area contributed by atoms with Crippen molar-refractivity contribution in [3.63, 3.8) is 0 Å². The number of para-hydroxylation sites is 2. The normalized spacial score (nSPS) is 25.9. The van der Waals surface area contributed by atoms with Crippen LogP contribution in [0.25, 0.3) is 11.0 Å². The van der Waals surface area contributed by atoms with Gasteiger partial charge in [0.1, 0.15) is 0 Å². The topological polar surface area (TPSA) is 44.5 Å². The Labute approximate surface area is 124 Å². The van der Waals surface area contributed by atoms with E-state index in [1.807, 2.05) is 12.1 Å². The highest BCUT2D eigenvalue weighted by Gasteiger charge is 2.40. The first kappa shape index (κ1) is 13.1. The van der Waals surface area contributed by atoms with Crippen molar-refractivity contribution in [3.05, 3.63) is 24.3 Å². The van der Waals surface area contributed by atoms with Crippen LogP contribution in [0.3, 0.4) is 0 Å². The summed E-state index contributed by atoms with van der Waals surface area (Å²) < 4.78 is 2.16. The minimum Gasteiger partial charge on any atom is -0.395 e. The molecule has 1 aromatic heterocycles. The third-order valence-corrected chi connectivity index (χ3v) is 5.07. The van der Waals surface area contributed by atoms with Gasteiger partial charge in [-0.3, -0.25) is 0 Å². The molecule has 2 saturated heterocycles. The second kappa shape index (κ2) is 5.00. The average Bonchev–Trinajstić information content (AvgIpc) is 3.15. The minimum absolute atomic E-state index is 0.147. The van der Waals surface area contributed by atoms with Crippen LogP contribution < -0.4 is 4.90 Å². The van der Waals surface area contributed by atoms with Crippen molar-refractivity contribution >= 4 is 17.0 Å². The van der Waals surface area contributed by atoms with E-state index in [-0.39, 0.29) is 6.61 Å². The van der Waals surface area contributed by atoms with E-state index in [0.29, 0.717) is 12.6 Å². The summed E-state index contributed by atoms with van der Waals surface area (Å²) in [6.45, 7) is 4.11. The molecule has 2 aromatic rings. The second-order valence-corrected chi connectivity index (χ2v) is 6.28. The summed E-state index contributed by atoms with van der Waals surface area (Å²) in [6, 6.07) is 8.86. The molecule has 4 rings (SSSR count). The maximum atomic E-state index is 9.39. The number of rotatable bonds is 3. The number of hydrogen-bond donors (Lipinski definition) is 1. The lowest BCUT2D eigenvalue weighted by Crippen LogP contribution is -2.33. The van der Waals surface area contributed by atoms with Crippen molar-refractivity contribution in [2.45, 2.75) is 19.0 Å². The van der Waals surface area contributed by atoms with Crippen molar-refractivity contribution in [2.24, 2.45) is 5.92 Å². The molecule has 0 bridgehead atoms. The highest BCUT2D eigenvalue weighted by Crippen LogP contribution is 2.34. The number of anilines is 1. The summed E-state index contributed by atoms with van der Waals surface area (Å²) in [7, 11) is 2.23. The fraction of sp³-hybridized carbons (Fsp3) is 0.562. The van der Waals surface area contributed by atoms with Gasteiger partial charge in [-0.1, -0.05) is 12.1 Å². The van der Waals surface area contributed by atoms with E-state index < -0.39 is 0 Å². The molecule has 2 atom stereocenters. The standard InChI is InChI=1S/C16H22N4O/c1-18-7-6-12-10-19(11-15(12)18)16-17-13-4-2-3-5-14(13)20(16)8-9-21/h2-5,12,15,21H,6-11H2,1H3/t12-,15+/m0/s1. The first-order valence-corrected chi connectivity index (χ1v) is 7.79. The zero-order valence-corrected chi connectivity index (χ0v) is 12.4. The molecule has 0 unspecified atom stereocenters. The molecule has 2 aliphatic heterocycles. The SMILES string of the molecule is CN1CC[C@H]2CN(c3nc4ccccc4n3CCO)C[C@H]21. The van der Waals surface area contributed by atoms with E-state index in [9.17, 15) is 5.11 Å². The van der Waals surface area contributed by atoms with Crippen LogP contribution in [0.5, 0.6) is 0 Å². The van der Waals surface area contributed by atoms with Gasteiger partial charge in [0.25, 0.3) is 0 Å². The summed E-state index contributed by atoms with van der Waals surface area (Å²) in [5, 5.41) is 9.39. The minimum atomic E-state index is 0.147. The fourth-order valence-electron chi connectivity index (χ4n) is 3.96. The number of likely N-dealkylation sites (N-methyl/N-ethyl adjacent to an activating group) is 1. The molecular weight excluding hydrogens is 264 g/mol. The monoisotopic (exact) mass is 286 g/mol. The van der Waals surface area contributed by atoms with E-state index >= 15 is 0 Å². The quantitative estimate of drug-likeness (QED) is 0.920. The van der Waals surface area contributed by atoms with Crippen LogP contribution in [-0.4, -0.2) is 58.9 Å². The van der Waals surface area contributed by atoms with E-state index in [0.717, 1.165) is 36.0 Å². The van der Waals surface area contributed by atoms with Gasteiger partial charge in [0.05, 0.1) is 17.6 Å². The number of aromatic nitrogens is 2. The van der Waals surface area contributed by atoms with Crippen LogP contribution in [0, 0.1) is 5.92 Å². The first-order valence-electron chi connectivity index (χ1n) is 7.79. The van der Waals surface area contributed by atoms with Gasteiger partial charge in [0.2, 0.25) is 5.95 Å². The molecule has 1 N–H and O–H groups in total. The van der Waals surface area contributed by atoms with E-state index in [4.69, 9.17) is 4.98 Å². The van der Waals surface area contributed by atoms with Crippen molar-refractivity contribution in [2.75, 3.05) is 38.2 Å². The summed E-state index contributed by atoms with van der Waals surface area (Å²) in [6.07, 6.45) is 1.29. The Bertz CT molecular complexity index is 653. The molecule has 5 nitrogen and oxygen atoms in total. The number of imidazole rings is 1. The van der Waals surface area contributed by atoms with Gasteiger partial charge in [-0.2, -0.15) is 0 Å². The highest BCUT2D eigenvalue weighted by molar-refractivity contribution is 5.79. The highest BCUT2D eigenvalue weighted by atomic mass is 16.3. The maximum absolute atomic E-state index is 9.39. The maximum Gasteiger partial charge on any atom is 0.206 e. The Kier molecular flexibility index (Phi) is 3.12. The lowest BCUT2D eigenvalue weighted by Gasteiger charge is -2.22. The number of nitrogens with zero attached hydrogens (tertiary/aromatic N) is 4. The van der Waals surface area contributed by atoms with E-state index in [1.165, 1.54) is 13.0 Å². The molecule has 2 aliphatic rings. The summed E-state index contributed by atoms with van der Waals surface area (Å²) in [5.41, 5.74) is 2.14. The molecule has 21 heavy (non-hydrogen) atoms. The van der Waals surface area contributed by atoms with Gasteiger partial charge in [-0.25, -0.2) is 4.98 Å². The molecule has 2 fully saturated rings. The number of aliphatic hydroxyl groups is 1. The third-order valence-electron chi connectivity index (χ3n) is 5.07. The number of likely N-dealkylation sites (tertiary alicyclic amines) is 1. The zero-order valence-electron chi connectivity index (χ0n) is 12.4. The van der Waals surface area contributed by atoms with Crippen molar-refractivity contribution < 1.29 is 5.11 Å². The average molecular weight is 286 g/mol. The van der Waals surface area contributed by atoms with Crippen LogP contribution in [0.15, 0.2) is 24.3 Å². The van der Waals surface area contributed by atoms with Crippen molar-refractivity contribution in [1.82, 2.24) is 14.5 Å². The van der Waals surface area contributed by atoms with Crippen LogP contribution in [0.4, 0.5) is 5.95 Å². The van der Waals surface area contributed by atoms with Crippen LogP contribution in [0.2, 0.25) is 0 Å². The zero-order chi connectivity index (χ0) is 14.4. The Morgan fingerprint density at radius 3 is 2.95 bits per heavy atom. The Hall–Kier alpha value is -1.59. The largest absolute Gasteiger partial charge is 0.395 e. The number of benzene rings is 1. The molecule has 0 amide bonds. The van der Waals surface area contributed by atoms with Crippen molar-refractivity contribution in [1.29, 1.82) is 0 Å². The lowest BCUT2D eigenvalue weighted by atomic mass is 10.1. The molecule has 1 aromatic carbocycles. The summed E-state index contributed by atoms with van der Waals surface area (Å²) in [5.74, 6) is 1.78. The molecule has 0 spiro atoms.